The number of hydrogen-bond acceptors (Lipinski definition) is 4. The molecule has 2 rings (SSSR count). The second-order valence-electron chi connectivity index (χ2n) is 4.67. The highest BCUT2D eigenvalue weighted by Crippen LogP contribution is 2.22. The summed E-state index contributed by atoms with van der Waals surface area (Å²) in [5, 5.41) is 8.77. The average Bonchev–Trinajstić information content (AvgIpc) is 2.44. The molecule has 0 spiro atoms. The lowest BCUT2D eigenvalue weighted by Gasteiger charge is -2.08. The van der Waals surface area contributed by atoms with Crippen LogP contribution >= 0.6 is 0 Å². The molecule has 0 amide bonds. The maximum atomic E-state index is 14.0. The van der Waals surface area contributed by atoms with Gasteiger partial charge in [-0.25, -0.2) is 12.8 Å². The smallest absolute Gasteiger partial charge is 0.182 e. The van der Waals surface area contributed by atoms with Crippen LogP contribution in [0, 0.1) is 24.1 Å². The zero-order chi connectivity index (χ0) is 15.6. The predicted molar refractivity (Wildman–Crippen MR) is 77.6 cm³/mol. The van der Waals surface area contributed by atoms with Gasteiger partial charge in [-0.3, -0.25) is 0 Å². The van der Waals surface area contributed by atoms with Crippen molar-refractivity contribution in [2.75, 3.05) is 5.73 Å². The van der Waals surface area contributed by atoms with E-state index in [0.29, 0.717) is 11.3 Å². The van der Waals surface area contributed by atoms with Crippen LogP contribution in [0.3, 0.4) is 0 Å². The quantitative estimate of drug-likeness (QED) is 0.883. The molecule has 0 atom stereocenters. The van der Waals surface area contributed by atoms with E-state index in [1.54, 1.807) is 13.0 Å². The zero-order valence-electron chi connectivity index (χ0n) is 11.3. The van der Waals surface area contributed by atoms with E-state index >= 15 is 0 Å². The molecule has 108 valence electrons. The van der Waals surface area contributed by atoms with Crippen molar-refractivity contribution >= 4 is 15.5 Å². The number of hydrogen-bond donors (Lipinski definition) is 1. The molecular formula is C15H13FN2O2S. The van der Waals surface area contributed by atoms with E-state index in [2.05, 4.69) is 0 Å². The van der Waals surface area contributed by atoms with E-state index in [9.17, 15) is 12.8 Å². The fraction of sp³-hybridized carbons (Fsp3) is 0.133. The van der Waals surface area contributed by atoms with Crippen molar-refractivity contribution < 1.29 is 12.8 Å². The topological polar surface area (TPSA) is 84.0 Å². The van der Waals surface area contributed by atoms with Crippen molar-refractivity contribution in [1.82, 2.24) is 0 Å². The normalized spacial score (nSPS) is 11.1. The van der Waals surface area contributed by atoms with Crippen LogP contribution in [0.4, 0.5) is 10.1 Å². The minimum Gasteiger partial charge on any atom is -0.399 e. The Kier molecular flexibility index (Phi) is 3.96. The number of aryl methyl sites for hydroxylation is 1. The third-order valence-electron chi connectivity index (χ3n) is 3.15. The Hall–Kier alpha value is -2.39. The summed E-state index contributed by atoms with van der Waals surface area (Å²) in [5.74, 6) is -1.30. The number of sulfone groups is 1. The Balaban J connectivity index is 2.43. The largest absolute Gasteiger partial charge is 0.399 e. The number of halogens is 1. The number of anilines is 1. The van der Waals surface area contributed by atoms with Gasteiger partial charge in [0, 0.05) is 11.3 Å². The summed E-state index contributed by atoms with van der Waals surface area (Å²) in [6.07, 6.45) is 0. The van der Waals surface area contributed by atoms with Gasteiger partial charge < -0.3 is 5.73 Å². The second kappa shape index (κ2) is 5.54. The molecule has 0 heterocycles. The van der Waals surface area contributed by atoms with E-state index in [4.69, 9.17) is 11.0 Å². The van der Waals surface area contributed by atoms with Crippen molar-refractivity contribution in [2.45, 2.75) is 17.6 Å². The van der Waals surface area contributed by atoms with E-state index in [1.165, 1.54) is 36.4 Å². The van der Waals surface area contributed by atoms with Crippen molar-refractivity contribution in [3.8, 4) is 6.07 Å². The lowest BCUT2D eigenvalue weighted by Crippen LogP contribution is -2.08. The van der Waals surface area contributed by atoms with Gasteiger partial charge in [-0.15, -0.1) is 0 Å². The third kappa shape index (κ3) is 3.03. The summed E-state index contributed by atoms with van der Waals surface area (Å²) in [5.41, 5.74) is 6.59. The van der Waals surface area contributed by atoms with Crippen LogP contribution in [0.25, 0.3) is 0 Å². The van der Waals surface area contributed by atoms with Crippen LogP contribution in [-0.2, 0) is 15.6 Å². The summed E-state index contributed by atoms with van der Waals surface area (Å²) in [4.78, 5) is 0.0796. The SMILES string of the molecule is Cc1cc(S(=O)(=O)Cc2cccc(C#N)c2F)ccc1N. The molecule has 0 unspecified atom stereocenters. The van der Waals surface area contributed by atoms with Crippen molar-refractivity contribution in [3.05, 3.63) is 58.9 Å². The van der Waals surface area contributed by atoms with Crippen LogP contribution in [0.1, 0.15) is 16.7 Å². The first kappa shape index (κ1) is 15.0. The Morgan fingerprint density at radius 1 is 1.29 bits per heavy atom. The highest BCUT2D eigenvalue weighted by Gasteiger charge is 2.19. The van der Waals surface area contributed by atoms with Gasteiger partial charge in [-0.2, -0.15) is 5.26 Å². The first-order valence-electron chi connectivity index (χ1n) is 6.11. The molecule has 0 saturated carbocycles. The molecule has 0 aliphatic carbocycles. The van der Waals surface area contributed by atoms with Gasteiger partial charge in [0.1, 0.15) is 11.9 Å². The number of rotatable bonds is 3. The first-order chi connectivity index (χ1) is 9.85. The second-order valence-corrected chi connectivity index (χ2v) is 6.66. The van der Waals surface area contributed by atoms with Crippen molar-refractivity contribution in [3.63, 3.8) is 0 Å². The molecule has 0 fully saturated rings. The fourth-order valence-electron chi connectivity index (χ4n) is 1.91. The summed E-state index contributed by atoms with van der Waals surface area (Å²) in [7, 11) is -3.71. The fourth-order valence-corrected chi connectivity index (χ4v) is 3.34. The van der Waals surface area contributed by atoms with Crippen LogP contribution in [0.5, 0.6) is 0 Å². The molecule has 0 aromatic heterocycles. The van der Waals surface area contributed by atoms with Crippen molar-refractivity contribution in [2.24, 2.45) is 0 Å². The minimum absolute atomic E-state index is 0.0245. The van der Waals surface area contributed by atoms with Gasteiger partial charge in [0.15, 0.2) is 9.84 Å². The summed E-state index contributed by atoms with van der Waals surface area (Å²) < 4.78 is 38.6. The maximum Gasteiger partial charge on any atom is 0.182 e. The number of nitrogen functional groups attached to an aromatic ring is 1. The lowest BCUT2D eigenvalue weighted by molar-refractivity contribution is 0.586. The van der Waals surface area contributed by atoms with Gasteiger partial charge in [-0.1, -0.05) is 12.1 Å². The Morgan fingerprint density at radius 2 is 2.00 bits per heavy atom. The van der Waals surface area contributed by atoms with Crippen LogP contribution < -0.4 is 5.73 Å². The molecule has 2 aromatic rings. The van der Waals surface area contributed by atoms with Crippen LogP contribution in [0.2, 0.25) is 0 Å². The molecule has 0 radical (unpaired) electrons. The molecule has 6 heteroatoms. The number of nitrogens with zero attached hydrogens (tertiary/aromatic N) is 1. The maximum absolute atomic E-state index is 14.0. The average molecular weight is 304 g/mol. The predicted octanol–water partition coefficient (Wildman–Crippen LogP) is 2.56. The summed E-state index contributed by atoms with van der Waals surface area (Å²) in [6, 6.07) is 10.2. The van der Waals surface area contributed by atoms with E-state index in [0.717, 1.165) is 0 Å². The molecule has 2 aromatic carbocycles. The van der Waals surface area contributed by atoms with Gasteiger partial charge in [0.05, 0.1) is 16.2 Å². The molecule has 0 aliphatic heterocycles. The molecule has 0 saturated heterocycles. The molecule has 0 aliphatic rings. The molecule has 0 bridgehead atoms. The number of nitriles is 1. The first-order valence-corrected chi connectivity index (χ1v) is 7.77. The number of nitrogens with two attached hydrogens (primary N) is 1. The van der Waals surface area contributed by atoms with Gasteiger partial charge in [0.25, 0.3) is 0 Å². The Labute approximate surface area is 122 Å². The van der Waals surface area contributed by atoms with Gasteiger partial charge in [-0.05, 0) is 36.8 Å². The van der Waals surface area contributed by atoms with Crippen LogP contribution in [0.15, 0.2) is 41.3 Å². The number of benzene rings is 2. The molecule has 21 heavy (non-hydrogen) atoms. The van der Waals surface area contributed by atoms with Crippen molar-refractivity contribution in [1.29, 1.82) is 5.26 Å². The Morgan fingerprint density at radius 3 is 2.62 bits per heavy atom. The highest BCUT2D eigenvalue weighted by atomic mass is 32.2. The van der Waals surface area contributed by atoms with E-state index in [-0.39, 0.29) is 16.0 Å². The summed E-state index contributed by atoms with van der Waals surface area (Å²) >= 11 is 0. The Bertz CT molecular complexity index is 839. The van der Waals surface area contributed by atoms with Crippen LogP contribution in [-0.4, -0.2) is 8.42 Å². The molecule has 2 N–H and O–H groups in total. The molecule has 4 nitrogen and oxygen atoms in total. The highest BCUT2D eigenvalue weighted by molar-refractivity contribution is 7.90. The monoisotopic (exact) mass is 304 g/mol. The third-order valence-corrected chi connectivity index (χ3v) is 4.81. The van der Waals surface area contributed by atoms with Gasteiger partial charge in [0.2, 0.25) is 0 Å². The molecular weight excluding hydrogens is 291 g/mol. The van der Waals surface area contributed by atoms with E-state index < -0.39 is 21.4 Å². The summed E-state index contributed by atoms with van der Waals surface area (Å²) in [6.45, 7) is 1.70. The van der Waals surface area contributed by atoms with Gasteiger partial charge >= 0.3 is 0 Å². The standard InChI is InChI=1S/C15H13FN2O2S/c1-10-7-13(5-6-14(10)18)21(19,20)9-12-4-2-3-11(8-17)15(12)16/h2-7H,9,18H2,1H3. The minimum atomic E-state index is -3.71. The zero-order valence-corrected chi connectivity index (χ0v) is 12.1. The van der Waals surface area contributed by atoms with E-state index in [1.807, 2.05) is 0 Å². The lowest BCUT2D eigenvalue weighted by atomic mass is 10.1.